The molecule has 3 aromatic carbocycles. The van der Waals surface area contributed by atoms with E-state index < -0.39 is 41.5 Å². The third kappa shape index (κ3) is 7.81. The lowest BCUT2D eigenvalue weighted by Gasteiger charge is -2.24. The third-order valence-corrected chi connectivity index (χ3v) is 7.69. The Balaban J connectivity index is 1.31. The van der Waals surface area contributed by atoms with Crippen molar-refractivity contribution in [1.82, 2.24) is 15.5 Å². The molecule has 5 rings (SSSR count). The maximum Gasteiger partial charge on any atom is 0.407 e. The molecule has 1 fully saturated rings. The van der Waals surface area contributed by atoms with E-state index in [0.29, 0.717) is 11.1 Å². The molecule has 0 aliphatic carbocycles. The summed E-state index contributed by atoms with van der Waals surface area (Å²) in [5.41, 5.74) is 3.23. The Kier molecular flexibility index (Phi) is 9.43. The first kappa shape index (κ1) is 32.0. The van der Waals surface area contributed by atoms with Crippen LogP contribution in [-0.2, 0) is 33.8 Å². The molecule has 0 bridgehead atoms. The van der Waals surface area contributed by atoms with Crippen LogP contribution in [0.3, 0.4) is 0 Å². The van der Waals surface area contributed by atoms with Crippen LogP contribution in [0.15, 0.2) is 71.3 Å². The van der Waals surface area contributed by atoms with Crippen molar-refractivity contribution in [3.05, 3.63) is 94.5 Å². The van der Waals surface area contributed by atoms with Gasteiger partial charge in [0.25, 0.3) is 0 Å². The van der Waals surface area contributed by atoms with Gasteiger partial charge in [-0.3, -0.25) is 9.59 Å². The number of carbonyl (C=O) groups excluding carboxylic acids is 3. The summed E-state index contributed by atoms with van der Waals surface area (Å²) in [4.78, 5) is 39.9. The lowest BCUT2D eigenvalue weighted by atomic mass is 9.97. The highest BCUT2D eigenvalue weighted by Crippen LogP contribution is 2.32. The normalized spacial score (nSPS) is 16.5. The zero-order chi connectivity index (χ0) is 32.3. The fourth-order valence-corrected chi connectivity index (χ4v) is 5.56. The van der Waals surface area contributed by atoms with Gasteiger partial charge in [0.05, 0.1) is 24.3 Å². The second-order valence-corrected chi connectivity index (χ2v) is 12.4. The number of halogens is 3. The van der Waals surface area contributed by atoms with Gasteiger partial charge in [0.15, 0.2) is 0 Å². The molecule has 45 heavy (non-hydrogen) atoms. The molecule has 11 heteroatoms. The molecule has 3 amide bonds. The first-order valence-corrected chi connectivity index (χ1v) is 15.0. The summed E-state index contributed by atoms with van der Waals surface area (Å²) in [6, 6.07) is 16.4. The van der Waals surface area contributed by atoms with Gasteiger partial charge in [-0.05, 0) is 67.8 Å². The number of fused-ring (bicyclic) bond motifs is 1. The van der Waals surface area contributed by atoms with Gasteiger partial charge in [-0.25, -0.2) is 13.6 Å². The Hall–Kier alpha value is -4.44. The van der Waals surface area contributed by atoms with Crippen LogP contribution in [0.25, 0.3) is 22.1 Å². The fraction of sp³-hybridized carbons (Fsp3) is 0.324. The van der Waals surface area contributed by atoms with Gasteiger partial charge >= 0.3 is 6.09 Å². The lowest BCUT2D eigenvalue weighted by molar-refractivity contribution is -0.138. The Labute approximate surface area is 264 Å². The number of benzene rings is 3. The molecule has 0 radical (unpaired) electrons. The Morgan fingerprint density at radius 2 is 1.80 bits per heavy atom. The molecule has 2 heterocycles. The second-order valence-electron chi connectivity index (χ2n) is 12.0. The van der Waals surface area contributed by atoms with Crippen molar-refractivity contribution < 1.29 is 32.3 Å². The maximum atomic E-state index is 14.5. The number of nitrogens with zero attached hydrogens (tertiary/aromatic N) is 1. The van der Waals surface area contributed by atoms with Crippen molar-refractivity contribution in [2.45, 2.75) is 64.5 Å². The van der Waals surface area contributed by atoms with Gasteiger partial charge in [0, 0.05) is 36.0 Å². The van der Waals surface area contributed by atoms with Gasteiger partial charge in [0.2, 0.25) is 11.8 Å². The van der Waals surface area contributed by atoms with E-state index in [9.17, 15) is 23.2 Å². The fourth-order valence-electron chi connectivity index (χ4n) is 5.37. The van der Waals surface area contributed by atoms with Gasteiger partial charge in [-0.15, -0.1) is 0 Å². The summed E-state index contributed by atoms with van der Waals surface area (Å²) in [7, 11) is 0. The molecular formula is C34H34ClF2N3O5. The zero-order valence-electron chi connectivity index (χ0n) is 25.2. The maximum absolute atomic E-state index is 14.5. The van der Waals surface area contributed by atoms with Crippen LogP contribution in [0.4, 0.5) is 13.6 Å². The minimum atomic E-state index is -1.36. The monoisotopic (exact) mass is 637 g/mol. The average Bonchev–Trinajstić information content (AvgIpc) is 3.62. The SMILES string of the molecule is CC(C)(C)OC(=O)NCc1cccc(-c2cc(CC(=O)N3C[C@H](F)C[C@H]3C(=O)NCc3cccc(Cl)c3F)cc3ccoc23)c1. The molecule has 2 N–H and O–H groups in total. The first-order valence-electron chi connectivity index (χ1n) is 14.6. The topological polar surface area (TPSA) is 101 Å². The molecular weight excluding hydrogens is 604 g/mol. The van der Waals surface area contributed by atoms with E-state index in [2.05, 4.69) is 10.6 Å². The van der Waals surface area contributed by atoms with Crippen LogP contribution < -0.4 is 10.6 Å². The summed E-state index contributed by atoms with van der Waals surface area (Å²) < 4.78 is 39.9. The zero-order valence-corrected chi connectivity index (χ0v) is 25.9. The Morgan fingerprint density at radius 1 is 1.02 bits per heavy atom. The number of carbonyl (C=O) groups is 3. The number of likely N-dealkylation sites (tertiary alicyclic amines) is 1. The van der Waals surface area contributed by atoms with E-state index in [4.69, 9.17) is 20.8 Å². The summed E-state index contributed by atoms with van der Waals surface area (Å²) >= 11 is 5.83. The van der Waals surface area contributed by atoms with Crippen LogP contribution in [0, 0.1) is 5.82 Å². The largest absolute Gasteiger partial charge is 0.464 e. The highest BCUT2D eigenvalue weighted by molar-refractivity contribution is 6.30. The van der Waals surface area contributed by atoms with Crippen LogP contribution in [0.1, 0.15) is 43.9 Å². The smallest absolute Gasteiger partial charge is 0.407 e. The summed E-state index contributed by atoms with van der Waals surface area (Å²) in [6.07, 6.45) is -0.552. The van der Waals surface area contributed by atoms with Crippen molar-refractivity contribution in [3.63, 3.8) is 0 Å². The van der Waals surface area contributed by atoms with Crippen molar-refractivity contribution in [3.8, 4) is 11.1 Å². The standard InChI is InChI=1S/C34H34ClF2N3O5/c1-34(2,3)45-33(43)39-17-20-6-4-7-22(12-20)26-14-21(13-23-10-11-44-31(23)26)15-29(41)40-19-25(36)16-28(40)32(42)38-18-24-8-5-9-27(35)30(24)37/h4-14,25,28H,15-19H2,1-3H3,(H,38,42)(H,39,43)/t25-,28+/m1/s1. The molecule has 2 atom stereocenters. The highest BCUT2D eigenvalue weighted by Gasteiger charge is 2.39. The predicted octanol–water partition coefficient (Wildman–Crippen LogP) is 6.71. The quantitative estimate of drug-likeness (QED) is 0.224. The molecule has 4 aromatic rings. The number of rotatable bonds is 8. The number of amides is 3. The Morgan fingerprint density at radius 3 is 2.58 bits per heavy atom. The van der Waals surface area contributed by atoms with E-state index in [0.717, 1.165) is 22.1 Å². The minimum absolute atomic E-state index is 0.0682. The summed E-state index contributed by atoms with van der Waals surface area (Å²) in [5, 5.41) is 6.08. The lowest BCUT2D eigenvalue weighted by Crippen LogP contribution is -2.46. The van der Waals surface area contributed by atoms with Crippen LogP contribution >= 0.6 is 11.6 Å². The molecule has 0 saturated carbocycles. The second kappa shape index (κ2) is 13.3. The molecule has 0 unspecified atom stereocenters. The van der Waals surface area contributed by atoms with Gasteiger partial charge in [-0.1, -0.05) is 41.9 Å². The minimum Gasteiger partial charge on any atom is -0.464 e. The van der Waals surface area contributed by atoms with Crippen LogP contribution in [0.5, 0.6) is 0 Å². The van der Waals surface area contributed by atoms with Gasteiger partial charge < -0.3 is 24.7 Å². The van der Waals surface area contributed by atoms with E-state index in [1.54, 1.807) is 39.2 Å². The molecule has 1 aliphatic rings. The van der Waals surface area contributed by atoms with Gasteiger partial charge in [-0.2, -0.15) is 0 Å². The molecule has 1 saturated heterocycles. The molecule has 1 aromatic heterocycles. The predicted molar refractivity (Wildman–Crippen MR) is 167 cm³/mol. The van der Waals surface area contributed by atoms with E-state index in [1.165, 1.54) is 17.0 Å². The number of hydrogen-bond donors (Lipinski definition) is 2. The number of hydrogen-bond acceptors (Lipinski definition) is 5. The van der Waals surface area contributed by atoms with Gasteiger partial charge in [0.1, 0.15) is 29.2 Å². The molecule has 8 nitrogen and oxygen atoms in total. The average molecular weight is 638 g/mol. The van der Waals surface area contributed by atoms with Crippen LogP contribution in [-0.4, -0.2) is 47.2 Å². The third-order valence-electron chi connectivity index (χ3n) is 7.40. The van der Waals surface area contributed by atoms with Crippen molar-refractivity contribution in [2.75, 3.05) is 6.54 Å². The number of alkyl carbamates (subject to hydrolysis) is 1. The number of ether oxygens (including phenoxy) is 1. The van der Waals surface area contributed by atoms with E-state index >= 15 is 0 Å². The van der Waals surface area contributed by atoms with Crippen molar-refractivity contribution in [1.29, 1.82) is 0 Å². The highest BCUT2D eigenvalue weighted by atomic mass is 35.5. The van der Waals surface area contributed by atoms with E-state index in [1.807, 2.05) is 36.4 Å². The summed E-state index contributed by atoms with van der Waals surface area (Å²) in [6.45, 7) is 5.26. The van der Waals surface area contributed by atoms with Crippen LogP contribution in [0.2, 0.25) is 5.02 Å². The Bertz CT molecular complexity index is 1730. The first-order chi connectivity index (χ1) is 21.4. The number of furan rings is 1. The summed E-state index contributed by atoms with van der Waals surface area (Å²) in [5.74, 6) is -1.61. The van der Waals surface area contributed by atoms with E-state index in [-0.39, 0.29) is 43.1 Å². The molecule has 0 spiro atoms. The molecule has 236 valence electrons. The van der Waals surface area contributed by atoms with Crippen molar-refractivity contribution in [2.24, 2.45) is 0 Å². The number of alkyl halides is 1. The molecule has 1 aliphatic heterocycles. The number of nitrogens with one attached hydrogen (secondary N) is 2. The van der Waals surface area contributed by atoms with Crippen molar-refractivity contribution >= 4 is 40.5 Å².